The Labute approximate surface area is 192 Å². The molecule has 0 saturated heterocycles. The van der Waals surface area contributed by atoms with E-state index in [-0.39, 0.29) is 0 Å². The minimum Gasteiger partial charge on any atom is -0.480 e. The lowest BCUT2D eigenvalue weighted by atomic mass is 9.62. The van der Waals surface area contributed by atoms with Crippen LogP contribution in [0.1, 0.15) is 36.5 Å². The first-order valence-corrected chi connectivity index (χ1v) is 10.7. The third-order valence-corrected chi connectivity index (χ3v) is 6.31. The number of nitrogens with zero attached hydrogens (tertiary/aromatic N) is 1. The van der Waals surface area contributed by atoms with E-state index in [0.29, 0.717) is 22.3 Å². The molecular formula is C27H28FNO4. The minimum atomic E-state index is -1.80. The van der Waals surface area contributed by atoms with Gasteiger partial charge in [-0.15, -0.1) is 0 Å². The maximum atomic E-state index is 13.7. The van der Waals surface area contributed by atoms with Crippen molar-refractivity contribution in [2.24, 2.45) is 5.92 Å². The van der Waals surface area contributed by atoms with E-state index in [4.69, 9.17) is 0 Å². The van der Waals surface area contributed by atoms with Crippen LogP contribution in [0.3, 0.4) is 0 Å². The number of benzene rings is 2. The SMILES string of the molecule is C=C(c1ccccc1)C(O)C(c1ccc(F)cc1)C(O)C(C(=O)O)(c1cccnc1)C(C)C. The van der Waals surface area contributed by atoms with Crippen molar-refractivity contribution in [1.82, 2.24) is 4.98 Å². The van der Waals surface area contributed by atoms with Crippen LogP contribution in [-0.2, 0) is 10.2 Å². The van der Waals surface area contributed by atoms with Gasteiger partial charge in [-0.3, -0.25) is 9.78 Å². The number of pyridine rings is 1. The Kier molecular flexibility index (Phi) is 7.41. The molecule has 2 aromatic carbocycles. The van der Waals surface area contributed by atoms with Gasteiger partial charge >= 0.3 is 5.97 Å². The normalized spacial score (nSPS) is 15.9. The number of aromatic nitrogens is 1. The summed E-state index contributed by atoms with van der Waals surface area (Å²) in [6, 6.07) is 17.5. The standard InChI is InChI=1S/C27H28FNO4/c1-17(2)27(26(32)33,21-10-7-15-29-16-21)25(31)23(20-11-13-22(28)14-12-20)24(30)18(3)19-8-5-4-6-9-19/h4-17,23-25,30-31H,3H2,1-2H3,(H,32,33). The molecule has 4 atom stereocenters. The van der Waals surface area contributed by atoms with E-state index < -0.39 is 41.2 Å². The summed E-state index contributed by atoms with van der Waals surface area (Å²) in [5, 5.41) is 33.7. The van der Waals surface area contributed by atoms with Gasteiger partial charge in [0, 0.05) is 18.3 Å². The Morgan fingerprint density at radius 3 is 2.15 bits per heavy atom. The van der Waals surface area contributed by atoms with E-state index in [1.807, 2.05) is 6.07 Å². The molecule has 0 radical (unpaired) electrons. The Hall–Kier alpha value is -3.35. The number of rotatable bonds is 9. The van der Waals surface area contributed by atoms with Crippen LogP contribution in [0.4, 0.5) is 4.39 Å². The van der Waals surface area contributed by atoms with E-state index in [2.05, 4.69) is 11.6 Å². The number of aliphatic hydroxyl groups excluding tert-OH is 2. The first kappa shape index (κ1) is 24.3. The van der Waals surface area contributed by atoms with Gasteiger partial charge in [-0.1, -0.05) is 69.0 Å². The first-order chi connectivity index (χ1) is 15.7. The van der Waals surface area contributed by atoms with E-state index >= 15 is 0 Å². The van der Waals surface area contributed by atoms with Gasteiger partial charge < -0.3 is 15.3 Å². The molecule has 1 aromatic heterocycles. The van der Waals surface area contributed by atoms with E-state index in [1.165, 1.54) is 36.7 Å². The number of carboxylic acid groups (broad SMARTS) is 1. The zero-order valence-electron chi connectivity index (χ0n) is 18.6. The maximum Gasteiger partial charge on any atom is 0.317 e. The summed E-state index contributed by atoms with van der Waals surface area (Å²) in [6.07, 6.45) is -0.00812. The summed E-state index contributed by atoms with van der Waals surface area (Å²) in [7, 11) is 0. The van der Waals surface area contributed by atoms with Crippen LogP contribution in [0, 0.1) is 11.7 Å². The second-order valence-electron chi connectivity index (χ2n) is 8.43. The van der Waals surface area contributed by atoms with Crippen LogP contribution >= 0.6 is 0 Å². The lowest BCUT2D eigenvalue weighted by Crippen LogP contribution is -2.55. The molecule has 1 heterocycles. The number of carbonyl (C=O) groups is 1. The van der Waals surface area contributed by atoms with Gasteiger partial charge in [0.1, 0.15) is 11.2 Å². The van der Waals surface area contributed by atoms with Crippen LogP contribution < -0.4 is 0 Å². The fourth-order valence-corrected chi connectivity index (χ4v) is 4.50. The molecule has 3 rings (SSSR count). The summed E-state index contributed by atoms with van der Waals surface area (Å²) < 4.78 is 13.7. The highest BCUT2D eigenvalue weighted by Gasteiger charge is 2.54. The molecule has 0 saturated carbocycles. The van der Waals surface area contributed by atoms with Gasteiger partial charge in [0.05, 0.1) is 12.2 Å². The quantitative estimate of drug-likeness (QED) is 0.450. The van der Waals surface area contributed by atoms with Gasteiger partial charge in [-0.25, -0.2) is 4.39 Å². The van der Waals surface area contributed by atoms with Crippen molar-refractivity contribution in [3.8, 4) is 0 Å². The first-order valence-electron chi connectivity index (χ1n) is 10.7. The molecule has 0 bridgehead atoms. The van der Waals surface area contributed by atoms with Crippen LogP contribution in [0.15, 0.2) is 85.7 Å². The molecule has 0 fully saturated rings. The van der Waals surface area contributed by atoms with Gasteiger partial charge in [-0.2, -0.15) is 0 Å². The summed E-state index contributed by atoms with van der Waals surface area (Å²) >= 11 is 0. The number of aliphatic hydroxyl groups is 2. The molecule has 3 N–H and O–H groups in total. The molecule has 0 spiro atoms. The third-order valence-electron chi connectivity index (χ3n) is 6.31. The molecule has 5 nitrogen and oxygen atoms in total. The summed E-state index contributed by atoms with van der Waals surface area (Å²) in [5.41, 5.74) is -0.131. The highest BCUT2D eigenvalue weighted by molar-refractivity contribution is 5.83. The van der Waals surface area contributed by atoms with Crippen LogP contribution in [-0.4, -0.2) is 38.5 Å². The molecule has 4 unspecified atom stereocenters. The zero-order valence-corrected chi connectivity index (χ0v) is 18.6. The minimum absolute atomic E-state index is 0.310. The number of halogens is 1. The Morgan fingerprint density at radius 2 is 1.64 bits per heavy atom. The van der Waals surface area contributed by atoms with Crippen molar-refractivity contribution in [3.63, 3.8) is 0 Å². The predicted octanol–water partition coefficient (Wildman–Crippen LogP) is 4.42. The van der Waals surface area contributed by atoms with Gasteiger partial charge in [-0.05, 0) is 46.4 Å². The molecule has 0 aliphatic carbocycles. The van der Waals surface area contributed by atoms with Crippen molar-refractivity contribution in [1.29, 1.82) is 0 Å². The van der Waals surface area contributed by atoms with Gasteiger partial charge in [0.2, 0.25) is 0 Å². The lowest BCUT2D eigenvalue weighted by Gasteiger charge is -2.43. The number of hydrogen-bond acceptors (Lipinski definition) is 4. The average Bonchev–Trinajstić information content (AvgIpc) is 2.81. The molecule has 172 valence electrons. The molecule has 6 heteroatoms. The molecule has 33 heavy (non-hydrogen) atoms. The Balaban J connectivity index is 2.20. The summed E-state index contributed by atoms with van der Waals surface area (Å²) in [4.78, 5) is 16.9. The van der Waals surface area contributed by atoms with Gasteiger partial charge in [0.15, 0.2) is 0 Å². The predicted molar refractivity (Wildman–Crippen MR) is 125 cm³/mol. The Bertz CT molecular complexity index is 1090. The molecule has 0 aliphatic heterocycles. The smallest absolute Gasteiger partial charge is 0.317 e. The zero-order chi connectivity index (χ0) is 24.2. The van der Waals surface area contributed by atoms with Crippen LogP contribution in [0.2, 0.25) is 0 Å². The highest BCUT2D eigenvalue weighted by Crippen LogP contribution is 2.44. The lowest BCUT2D eigenvalue weighted by molar-refractivity contribution is -0.153. The number of aliphatic carboxylic acids is 1. The van der Waals surface area contributed by atoms with Crippen LogP contribution in [0.5, 0.6) is 0 Å². The van der Waals surface area contributed by atoms with Crippen molar-refractivity contribution >= 4 is 11.5 Å². The Morgan fingerprint density at radius 1 is 1.00 bits per heavy atom. The number of carboxylic acids is 1. The summed E-state index contributed by atoms with van der Waals surface area (Å²) in [6.45, 7) is 7.42. The number of hydrogen-bond donors (Lipinski definition) is 3. The van der Waals surface area contributed by atoms with Crippen molar-refractivity contribution in [2.75, 3.05) is 0 Å². The summed E-state index contributed by atoms with van der Waals surface area (Å²) in [5.74, 6) is -3.42. The molecular weight excluding hydrogens is 421 g/mol. The monoisotopic (exact) mass is 449 g/mol. The topological polar surface area (TPSA) is 90.7 Å². The second kappa shape index (κ2) is 10.1. The fraction of sp³-hybridized carbons (Fsp3) is 0.259. The highest BCUT2D eigenvalue weighted by atomic mass is 19.1. The van der Waals surface area contributed by atoms with E-state index in [9.17, 15) is 24.5 Å². The van der Waals surface area contributed by atoms with Gasteiger partial charge in [0.25, 0.3) is 0 Å². The van der Waals surface area contributed by atoms with E-state index in [1.54, 1.807) is 50.2 Å². The molecule has 0 amide bonds. The van der Waals surface area contributed by atoms with Crippen molar-refractivity contribution < 1.29 is 24.5 Å². The van der Waals surface area contributed by atoms with E-state index in [0.717, 1.165) is 0 Å². The molecule has 0 aliphatic rings. The second-order valence-corrected chi connectivity index (χ2v) is 8.43. The third kappa shape index (κ3) is 4.58. The van der Waals surface area contributed by atoms with Crippen molar-refractivity contribution in [3.05, 3.63) is 108 Å². The maximum absolute atomic E-state index is 13.7. The molecule has 3 aromatic rings. The fourth-order valence-electron chi connectivity index (χ4n) is 4.50. The van der Waals surface area contributed by atoms with Crippen LogP contribution in [0.25, 0.3) is 5.57 Å². The van der Waals surface area contributed by atoms with Crippen molar-refractivity contribution in [2.45, 2.75) is 37.4 Å². The average molecular weight is 450 g/mol. The largest absolute Gasteiger partial charge is 0.480 e.